The average Bonchev–Trinajstić information content (AvgIpc) is 2.67. The lowest BCUT2D eigenvalue weighted by Gasteiger charge is -2.10. The second-order valence-electron chi connectivity index (χ2n) is 5.48. The molecule has 1 aromatic heterocycles. The highest BCUT2D eigenvalue weighted by atomic mass is 35.5. The molecule has 0 saturated heterocycles. The Kier molecular flexibility index (Phi) is 5.60. The molecule has 4 heteroatoms. The number of nitrogens with zero attached hydrogens (tertiary/aromatic N) is 1. The predicted octanol–water partition coefficient (Wildman–Crippen LogP) is 4.59. The monoisotopic (exact) mass is 348 g/mol. The highest BCUT2D eigenvalue weighted by molar-refractivity contribution is 6.33. The van der Waals surface area contributed by atoms with Crippen LogP contribution in [-0.2, 0) is 11.3 Å². The summed E-state index contributed by atoms with van der Waals surface area (Å²) in [6, 6.07) is 20.8. The largest absolute Gasteiger partial charge is 0.348 e. The summed E-state index contributed by atoms with van der Waals surface area (Å²) in [6.45, 7) is 0.439. The van der Waals surface area contributed by atoms with Crippen LogP contribution in [0.25, 0.3) is 11.6 Å². The van der Waals surface area contributed by atoms with Crippen LogP contribution in [0.1, 0.15) is 16.7 Å². The van der Waals surface area contributed by atoms with Crippen molar-refractivity contribution in [2.75, 3.05) is 0 Å². The number of hydrogen-bond donors (Lipinski definition) is 1. The fourth-order valence-electron chi connectivity index (χ4n) is 2.42. The van der Waals surface area contributed by atoms with E-state index in [2.05, 4.69) is 10.3 Å². The van der Waals surface area contributed by atoms with Gasteiger partial charge in [0.25, 0.3) is 5.91 Å². The van der Waals surface area contributed by atoms with Gasteiger partial charge < -0.3 is 5.32 Å². The molecule has 0 aliphatic rings. The Balaban J connectivity index is 1.89. The number of benzene rings is 2. The lowest BCUT2D eigenvalue weighted by Crippen LogP contribution is -2.23. The molecule has 2 aromatic carbocycles. The van der Waals surface area contributed by atoms with Gasteiger partial charge in [-0.25, -0.2) is 0 Å². The summed E-state index contributed by atoms with van der Waals surface area (Å²) in [4.78, 5) is 16.8. The van der Waals surface area contributed by atoms with Crippen molar-refractivity contribution in [2.45, 2.75) is 6.54 Å². The standard InChI is InChI=1S/C21H17ClN2O/c22-20-9-5-4-8-18(20)14-19(17-6-2-1-3-7-17)21(25)24-15-16-10-12-23-13-11-16/h1-14H,15H2,(H,24,25). The fourth-order valence-corrected chi connectivity index (χ4v) is 2.61. The van der Waals surface area contributed by atoms with Crippen molar-refractivity contribution < 1.29 is 4.79 Å². The van der Waals surface area contributed by atoms with Gasteiger partial charge in [0.2, 0.25) is 0 Å². The van der Waals surface area contributed by atoms with Gasteiger partial charge >= 0.3 is 0 Å². The van der Waals surface area contributed by atoms with E-state index >= 15 is 0 Å². The molecule has 0 aliphatic carbocycles. The number of rotatable bonds is 5. The number of nitrogens with one attached hydrogen (secondary N) is 1. The van der Waals surface area contributed by atoms with Gasteiger partial charge in [-0.15, -0.1) is 0 Å². The number of halogens is 1. The minimum atomic E-state index is -0.150. The van der Waals surface area contributed by atoms with Crippen molar-refractivity contribution >= 4 is 29.2 Å². The Hall–Kier alpha value is -2.91. The molecule has 1 amide bonds. The molecule has 0 spiro atoms. The quantitative estimate of drug-likeness (QED) is 0.541. The number of amides is 1. The molecule has 0 unspecified atom stereocenters. The van der Waals surface area contributed by atoms with Crippen molar-refractivity contribution in [1.82, 2.24) is 10.3 Å². The summed E-state index contributed by atoms with van der Waals surface area (Å²) >= 11 is 6.25. The van der Waals surface area contributed by atoms with Gasteiger partial charge in [0.1, 0.15) is 0 Å². The van der Waals surface area contributed by atoms with Crippen LogP contribution in [0.15, 0.2) is 79.1 Å². The molecular formula is C21H17ClN2O. The maximum absolute atomic E-state index is 12.8. The molecule has 124 valence electrons. The Morgan fingerprint density at radius 2 is 1.64 bits per heavy atom. The SMILES string of the molecule is O=C(NCc1ccncc1)C(=Cc1ccccc1Cl)c1ccccc1. The van der Waals surface area contributed by atoms with Crippen molar-refractivity contribution in [3.8, 4) is 0 Å². The second kappa shape index (κ2) is 8.27. The number of hydrogen-bond acceptors (Lipinski definition) is 2. The smallest absolute Gasteiger partial charge is 0.252 e. The Morgan fingerprint density at radius 1 is 0.960 bits per heavy atom. The topological polar surface area (TPSA) is 42.0 Å². The van der Waals surface area contributed by atoms with E-state index in [4.69, 9.17) is 11.6 Å². The molecule has 3 aromatic rings. The molecule has 0 fully saturated rings. The van der Waals surface area contributed by atoms with Gasteiger partial charge in [-0.05, 0) is 41.0 Å². The van der Waals surface area contributed by atoms with E-state index in [0.717, 1.165) is 16.7 Å². The van der Waals surface area contributed by atoms with E-state index in [-0.39, 0.29) is 5.91 Å². The van der Waals surface area contributed by atoms with Gasteiger partial charge in [0, 0.05) is 29.5 Å². The zero-order valence-corrected chi connectivity index (χ0v) is 14.3. The first kappa shape index (κ1) is 16.9. The van der Waals surface area contributed by atoms with Crippen molar-refractivity contribution in [2.24, 2.45) is 0 Å². The van der Waals surface area contributed by atoms with Crippen LogP contribution in [0.4, 0.5) is 0 Å². The summed E-state index contributed by atoms with van der Waals surface area (Å²) in [6.07, 6.45) is 5.23. The predicted molar refractivity (Wildman–Crippen MR) is 102 cm³/mol. The van der Waals surface area contributed by atoms with E-state index in [1.165, 1.54) is 0 Å². The van der Waals surface area contributed by atoms with E-state index in [1.54, 1.807) is 12.4 Å². The molecule has 3 rings (SSSR count). The number of carbonyl (C=O) groups excluding carboxylic acids is 1. The molecule has 0 aliphatic heterocycles. The van der Waals surface area contributed by atoms with Crippen molar-refractivity contribution in [3.05, 3.63) is 101 Å². The first-order valence-electron chi connectivity index (χ1n) is 7.93. The van der Waals surface area contributed by atoms with Gasteiger partial charge in [-0.2, -0.15) is 0 Å². The maximum atomic E-state index is 12.8. The highest BCUT2D eigenvalue weighted by Gasteiger charge is 2.12. The third-order valence-corrected chi connectivity index (χ3v) is 4.08. The zero-order chi connectivity index (χ0) is 17.5. The maximum Gasteiger partial charge on any atom is 0.252 e. The van der Waals surface area contributed by atoms with E-state index in [1.807, 2.05) is 72.8 Å². The van der Waals surface area contributed by atoms with Gasteiger partial charge in [-0.3, -0.25) is 9.78 Å². The number of carbonyl (C=O) groups is 1. The van der Waals surface area contributed by atoms with Crippen LogP contribution in [0.3, 0.4) is 0 Å². The summed E-state index contributed by atoms with van der Waals surface area (Å²) in [5.41, 5.74) is 3.22. The van der Waals surface area contributed by atoms with Crippen LogP contribution in [0.5, 0.6) is 0 Å². The Labute approximate surface area is 152 Å². The molecule has 0 saturated carbocycles. The molecule has 1 heterocycles. The summed E-state index contributed by atoms with van der Waals surface area (Å²) in [5.74, 6) is -0.150. The van der Waals surface area contributed by atoms with Crippen LogP contribution in [0.2, 0.25) is 5.02 Å². The molecule has 1 N–H and O–H groups in total. The number of pyridine rings is 1. The molecular weight excluding hydrogens is 332 g/mol. The van der Waals surface area contributed by atoms with Crippen LogP contribution in [-0.4, -0.2) is 10.9 Å². The lowest BCUT2D eigenvalue weighted by molar-refractivity contribution is -0.115. The average molecular weight is 349 g/mol. The summed E-state index contributed by atoms with van der Waals surface area (Å²) < 4.78 is 0. The second-order valence-corrected chi connectivity index (χ2v) is 5.89. The Bertz CT molecular complexity index is 877. The minimum Gasteiger partial charge on any atom is -0.348 e. The van der Waals surface area contributed by atoms with Gasteiger partial charge in [-0.1, -0.05) is 60.1 Å². The van der Waals surface area contributed by atoms with Crippen molar-refractivity contribution in [3.63, 3.8) is 0 Å². The van der Waals surface area contributed by atoms with Gasteiger partial charge in [0.05, 0.1) is 0 Å². The molecule has 25 heavy (non-hydrogen) atoms. The molecule has 0 atom stereocenters. The van der Waals surface area contributed by atoms with Gasteiger partial charge in [0.15, 0.2) is 0 Å². The minimum absolute atomic E-state index is 0.150. The summed E-state index contributed by atoms with van der Waals surface area (Å²) in [7, 11) is 0. The van der Waals surface area contributed by atoms with E-state index in [9.17, 15) is 4.79 Å². The zero-order valence-electron chi connectivity index (χ0n) is 13.5. The molecule has 3 nitrogen and oxygen atoms in total. The normalized spacial score (nSPS) is 11.2. The van der Waals surface area contributed by atoms with Crippen LogP contribution in [0, 0.1) is 0 Å². The first-order chi connectivity index (χ1) is 12.2. The third kappa shape index (κ3) is 4.55. The molecule has 0 bridgehead atoms. The van der Waals surface area contributed by atoms with Crippen molar-refractivity contribution in [1.29, 1.82) is 0 Å². The highest BCUT2D eigenvalue weighted by Crippen LogP contribution is 2.23. The van der Waals surface area contributed by atoms with E-state index < -0.39 is 0 Å². The van der Waals surface area contributed by atoms with Crippen LogP contribution >= 0.6 is 11.6 Å². The molecule has 0 radical (unpaired) electrons. The van der Waals surface area contributed by atoms with E-state index in [0.29, 0.717) is 17.1 Å². The third-order valence-electron chi connectivity index (χ3n) is 3.74. The Morgan fingerprint density at radius 3 is 2.36 bits per heavy atom. The first-order valence-corrected chi connectivity index (χ1v) is 8.30. The fraction of sp³-hybridized carbons (Fsp3) is 0.0476. The number of aromatic nitrogens is 1. The summed E-state index contributed by atoms with van der Waals surface area (Å²) in [5, 5.41) is 3.57. The van der Waals surface area contributed by atoms with Crippen LogP contribution < -0.4 is 5.32 Å². The lowest BCUT2D eigenvalue weighted by atomic mass is 10.0.